The van der Waals surface area contributed by atoms with E-state index in [0.29, 0.717) is 19.6 Å². The van der Waals surface area contributed by atoms with Gasteiger partial charge in [0.2, 0.25) is 0 Å². The first-order valence-corrected chi connectivity index (χ1v) is 8.17. The van der Waals surface area contributed by atoms with Crippen LogP contribution in [0.5, 0.6) is 0 Å². The number of nitrogens with zero attached hydrogens (tertiary/aromatic N) is 1. The van der Waals surface area contributed by atoms with Gasteiger partial charge in [0.1, 0.15) is 0 Å². The zero-order valence-corrected chi connectivity index (χ0v) is 13.6. The number of unbranched alkanes of at least 4 members (excludes halogenated alkanes) is 3. The number of hydrogen-bond acceptors (Lipinski definition) is 2. The molecule has 0 aromatic rings. The molecular weight excluding hydrogens is 268 g/mol. The highest BCUT2D eigenvalue weighted by Crippen LogP contribution is 2.22. The minimum absolute atomic E-state index is 0.0317. The van der Waals surface area contributed by atoms with Crippen molar-refractivity contribution in [1.29, 1.82) is 0 Å². The van der Waals surface area contributed by atoms with Gasteiger partial charge in [-0.05, 0) is 18.3 Å². The van der Waals surface area contributed by atoms with Gasteiger partial charge in [-0.1, -0.05) is 46.5 Å². The fourth-order valence-corrected chi connectivity index (χ4v) is 2.79. The van der Waals surface area contributed by atoms with Gasteiger partial charge in [-0.25, -0.2) is 4.79 Å². The average Bonchev–Trinajstić information content (AvgIpc) is 2.79. The van der Waals surface area contributed by atoms with Crippen molar-refractivity contribution in [2.45, 2.75) is 52.9 Å². The molecule has 1 rings (SSSR count). The first kappa shape index (κ1) is 17.8. The summed E-state index contributed by atoms with van der Waals surface area (Å²) in [4.78, 5) is 24.6. The molecule has 0 spiro atoms. The number of carbonyl (C=O) groups is 2. The summed E-state index contributed by atoms with van der Waals surface area (Å²) in [7, 11) is 0. The molecular formula is C16H30N2O3. The molecule has 5 nitrogen and oxygen atoms in total. The molecule has 122 valence electrons. The number of likely N-dealkylation sites (tertiary alicyclic amines) is 1. The quantitative estimate of drug-likeness (QED) is 0.677. The van der Waals surface area contributed by atoms with Gasteiger partial charge in [0.05, 0.1) is 5.92 Å². The summed E-state index contributed by atoms with van der Waals surface area (Å²) in [6.45, 7) is 7.92. The largest absolute Gasteiger partial charge is 0.481 e. The Morgan fingerprint density at radius 2 is 1.86 bits per heavy atom. The summed E-state index contributed by atoms with van der Waals surface area (Å²) >= 11 is 0. The highest BCUT2D eigenvalue weighted by atomic mass is 16.4. The second-order valence-corrected chi connectivity index (χ2v) is 6.66. The Bertz CT molecular complexity index is 344. The number of amides is 2. The summed E-state index contributed by atoms with van der Waals surface area (Å²) < 4.78 is 0. The molecule has 21 heavy (non-hydrogen) atoms. The van der Waals surface area contributed by atoms with Gasteiger partial charge in [-0.2, -0.15) is 0 Å². The van der Waals surface area contributed by atoms with Crippen molar-refractivity contribution in [2.24, 2.45) is 17.8 Å². The van der Waals surface area contributed by atoms with Crippen LogP contribution < -0.4 is 5.32 Å². The fraction of sp³-hybridized carbons (Fsp3) is 0.875. The Labute approximate surface area is 128 Å². The van der Waals surface area contributed by atoms with E-state index in [9.17, 15) is 9.59 Å². The summed E-state index contributed by atoms with van der Waals surface area (Å²) in [5.41, 5.74) is 0. The molecule has 1 heterocycles. The average molecular weight is 298 g/mol. The number of nitrogens with one attached hydrogen (secondary N) is 1. The molecule has 0 aromatic carbocycles. The second-order valence-electron chi connectivity index (χ2n) is 6.66. The van der Waals surface area contributed by atoms with Crippen LogP contribution in [0.15, 0.2) is 0 Å². The van der Waals surface area contributed by atoms with Crippen LogP contribution in [0.4, 0.5) is 4.79 Å². The summed E-state index contributed by atoms with van der Waals surface area (Å²) in [6.07, 6.45) is 5.89. The zero-order valence-electron chi connectivity index (χ0n) is 13.6. The second kappa shape index (κ2) is 8.90. The third-order valence-electron chi connectivity index (χ3n) is 4.20. The zero-order chi connectivity index (χ0) is 15.8. The molecule has 1 fully saturated rings. The minimum atomic E-state index is -0.803. The standard InChI is InChI=1S/C16H30N2O3/c1-12(2)8-6-4-5-7-9-17-16(21)18-10-13(3)14(11-18)15(19)20/h12-14H,4-11H2,1-3H3,(H,17,21)(H,19,20)/t13-,14-/m1/s1. The molecule has 2 atom stereocenters. The SMILES string of the molecule is CC(C)CCCCCCNC(=O)N1C[C@@H](C)[C@H](C(=O)O)C1. The molecule has 0 aromatic heterocycles. The molecule has 0 aliphatic carbocycles. The number of carbonyl (C=O) groups excluding carboxylic acids is 1. The van der Waals surface area contributed by atoms with Crippen LogP contribution in [0.3, 0.4) is 0 Å². The van der Waals surface area contributed by atoms with Crippen molar-refractivity contribution in [3.8, 4) is 0 Å². The third-order valence-corrected chi connectivity index (χ3v) is 4.20. The van der Waals surface area contributed by atoms with E-state index in [1.165, 1.54) is 19.3 Å². The number of carboxylic acid groups (broad SMARTS) is 1. The Morgan fingerprint density at radius 3 is 2.43 bits per heavy atom. The highest BCUT2D eigenvalue weighted by molar-refractivity contribution is 5.77. The lowest BCUT2D eigenvalue weighted by Gasteiger charge is -2.16. The molecule has 1 aliphatic rings. The first-order valence-electron chi connectivity index (χ1n) is 8.17. The van der Waals surface area contributed by atoms with E-state index < -0.39 is 11.9 Å². The number of urea groups is 1. The maximum atomic E-state index is 12.0. The minimum Gasteiger partial charge on any atom is -0.481 e. The predicted octanol–water partition coefficient (Wildman–Crippen LogP) is 2.96. The highest BCUT2D eigenvalue weighted by Gasteiger charge is 2.36. The number of aliphatic carboxylic acids is 1. The summed E-state index contributed by atoms with van der Waals surface area (Å²) in [6, 6.07) is -0.118. The van der Waals surface area contributed by atoms with Gasteiger partial charge in [0, 0.05) is 19.6 Å². The molecule has 0 bridgehead atoms. The van der Waals surface area contributed by atoms with Crippen LogP contribution in [-0.4, -0.2) is 41.6 Å². The topological polar surface area (TPSA) is 69.6 Å². The number of rotatable bonds is 8. The predicted molar refractivity (Wildman–Crippen MR) is 83.2 cm³/mol. The maximum absolute atomic E-state index is 12.0. The van der Waals surface area contributed by atoms with Gasteiger partial charge in [0.15, 0.2) is 0 Å². The molecule has 0 saturated carbocycles. The maximum Gasteiger partial charge on any atom is 0.317 e. The summed E-state index contributed by atoms with van der Waals surface area (Å²) in [5.74, 6) is -0.428. The van der Waals surface area contributed by atoms with Crippen LogP contribution in [0, 0.1) is 17.8 Å². The van der Waals surface area contributed by atoms with Crippen molar-refractivity contribution in [2.75, 3.05) is 19.6 Å². The third kappa shape index (κ3) is 6.36. The molecule has 5 heteroatoms. The van der Waals surface area contributed by atoms with Crippen molar-refractivity contribution in [3.63, 3.8) is 0 Å². The fourth-order valence-electron chi connectivity index (χ4n) is 2.79. The van der Waals surface area contributed by atoms with Gasteiger partial charge >= 0.3 is 12.0 Å². The van der Waals surface area contributed by atoms with Gasteiger partial charge in [-0.3, -0.25) is 4.79 Å². The van der Waals surface area contributed by atoms with E-state index >= 15 is 0 Å². The van der Waals surface area contributed by atoms with E-state index in [1.807, 2.05) is 6.92 Å². The van der Waals surface area contributed by atoms with E-state index in [2.05, 4.69) is 19.2 Å². The van der Waals surface area contributed by atoms with E-state index in [0.717, 1.165) is 18.8 Å². The number of carboxylic acids is 1. The van der Waals surface area contributed by atoms with Crippen molar-refractivity contribution < 1.29 is 14.7 Å². The molecule has 2 N–H and O–H groups in total. The van der Waals surface area contributed by atoms with Crippen molar-refractivity contribution in [1.82, 2.24) is 10.2 Å². The lowest BCUT2D eigenvalue weighted by atomic mass is 9.99. The van der Waals surface area contributed by atoms with Gasteiger partial charge < -0.3 is 15.3 Å². The lowest BCUT2D eigenvalue weighted by Crippen LogP contribution is -2.39. The lowest BCUT2D eigenvalue weighted by molar-refractivity contribution is -0.142. The monoisotopic (exact) mass is 298 g/mol. The Kier molecular flexibility index (Phi) is 7.54. The molecule has 0 radical (unpaired) electrons. The molecule has 1 saturated heterocycles. The van der Waals surface area contributed by atoms with Crippen LogP contribution in [0.2, 0.25) is 0 Å². The van der Waals surface area contributed by atoms with E-state index in [-0.39, 0.29) is 11.9 Å². The molecule has 1 aliphatic heterocycles. The van der Waals surface area contributed by atoms with Crippen molar-refractivity contribution >= 4 is 12.0 Å². The van der Waals surface area contributed by atoms with Crippen molar-refractivity contribution in [3.05, 3.63) is 0 Å². The number of hydrogen-bond donors (Lipinski definition) is 2. The normalized spacial score (nSPS) is 21.8. The van der Waals surface area contributed by atoms with Crippen LogP contribution in [0.25, 0.3) is 0 Å². The van der Waals surface area contributed by atoms with Crippen LogP contribution in [0.1, 0.15) is 52.9 Å². The Balaban J connectivity index is 2.11. The van der Waals surface area contributed by atoms with E-state index in [1.54, 1.807) is 4.90 Å². The smallest absolute Gasteiger partial charge is 0.317 e. The van der Waals surface area contributed by atoms with Gasteiger partial charge in [0.25, 0.3) is 0 Å². The van der Waals surface area contributed by atoms with Gasteiger partial charge in [-0.15, -0.1) is 0 Å². The van der Waals surface area contributed by atoms with Crippen LogP contribution in [-0.2, 0) is 4.79 Å². The Morgan fingerprint density at radius 1 is 1.19 bits per heavy atom. The summed E-state index contributed by atoms with van der Waals surface area (Å²) in [5, 5.41) is 12.0. The Hall–Kier alpha value is -1.26. The van der Waals surface area contributed by atoms with E-state index in [4.69, 9.17) is 5.11 Å². The molecule has 2 amide bonds. The first-order chi connectivity index (χ1) is 9.91. The van der Waals surface area contributed by atoms with Crippen LogP contribution >= 0.6 is 0 Å². The molecule has 0 unspecified atom stereocenters.